The van der Waals surface area contributed by atoms with E-state index in [9.17, 15) is 13.2 Å². The zero-order valence-electron chi connectivity index (χ0n) is 16.4. The second-order valence-corrected chi connectivity index (χ2v) is 8.51. The lowest BCUT2D eigenvalue weighted by atomic mass is 10.1. The maximum atomic E-state index is 12.9. The molecule has 2 aromatic carbocycles. The Morgan fingerprint density at radius 3 is 2.83 bits per heavy atom. The monoisotopic (exact) mass is 446 g/mol. The predicted molar refractivity (Wildman–Crippen MR) is 114 cm³/mol. The van der Waals surface area contributed by atoms with E-state index in [0.717, 1.165) is 0 Å². The van der Waals surface area contributed by atoms with Crippen LogP contribution in [0.3, 0.4) is 0 Å². The van der Waals surface area contributed by atoms with E-state index in [4.69, 9.17) is 16.0 Å². The first-order chi connectivity index (χ1) is 14.3. The van der Waals surface area contributed by atoms with Crippen molar-refractivity contribution < 1.29 is 22.4 Å². The van der Waals surface area contributed by atoms with Gasteiger partial charge in [0.15, 0.2) is 11.5 Å². The summed E-state index contributed by atoms with van der Waals surface area (Å²) in [5.41, 5.74) is 1.70. The van der Waals surface area contributed by atoms with Crippen LogP contribution in [0.2, 0.25) is 5.02 Å². The van der Waals surface area contributed by atoms with Crippen LogP contribution in [0.25, 0.3) is 11.1 Å². The van der Waals surface area contributed by atoms with Gasteiger partial charge in [0.1, 0.15) is 5.52 Å². The quantitative estimate of drug-likeness (QED) is 0.344. The minimum absolute atomic E-state index is 0.0399. The van der Waals surface area contributed by atoms with Crippen LogP contribution >= 0.6 is 11.6 Å². The summed E-state index contributed by atoms with van der Waals surface area (Å²) in [4.78, 5) is 15.3. The molecular weight excluding hydrogens is 428 g/mol. The number of oxazole rings is 1. The molecule has 1 aromatic heterocycles. The molecule has 156 valence electrons. The molecule has 3 aromatic rings. The van der Waals surface area contributed by atoms with Crippen LogP contribution in [0.5, 0.6) is 0 Å². The van der Waals surface area contributed by atoms with E-state index in [-0.39, 0.29) is 17.3 Å². The van der Waals surface area contributed by atoms with Gasteiger partial charge < -0.3 is 9.15 Å². The van der Waals surface area contributed by atoms with Crippen LogP contribution in [-0.4, -0.2) is 26.5 Å². The number of ether oxygens (including phenoxy) is 1. The number of halogens is 1. The highest BCUT2D eigenvalue weighted by atomic mass is 35.5. The van der Waals surface area contributed by atoms with Gasteiger partial charge in [-0.25, -0.2) is 13.4 Å². The Morgan fingerprint density at radius 1 is 1.27 bits per heavy atom. The van der Waals surface area contributed by atoms with Crippen LogP contribution in [0.1, 0.15) is 30.7 Å². The Balaban J connectivity index is 1.82. The third kappa shape index (κ3) is 5.32. The molecule has 0 unspecified atom stereocenters. The number of esters is 1. The minimum atomic E-state index is -3.89. The molecule has 0 radical (unpaired) electrons. The zero-order chi connectivity index (χ0) is 21.7. The molecule has 0 atom stereocenters. The maximum absolute atomic E-state index is 12.9. The number of hydrogen-bond acceptors (Lipinski definition) is 6. The van der Waals surface area contributed by atoms with Gasteiger partial charge in [0, 0.05) is 30.9 Å². The second-order valence-electron chi connectivity index (χ2n) is 6.39. The third-order valence-corrected chi connectivity index (χ3v) is 5.73. The molecule has 30 heavy (non-hydrogen) atoms. The number of unbranched alkanes of at least 4 members (excludes halogenated alkanes) is 1. The average molecular weight is 447 g/mol. The third-order valence-electron chi connectivity index (χ3n) is 4.14. The lowest BCUT2D eigenvalue weighted by Gasteiger charge is -2.10. The van der Waals surface area contributed by atoms with Crippen molar-refractivity contribution in [1.29, 1.82) is 0 Å². The fourth-order valence-electron chi connectivity index (χ4n) is 2.68. The number of nitrogens with one attached hydrogen (secondary N) is 1. The molecule has 0 amide bonds. The normalized spacial score (nSPS) is 11.0. The fourth-order valence-corrected chi connectivity index (χ4v) is 3.95. The Hall–Kier alpha value is -3.02. The summed E-state index contributed by atoms with van der Waals surface area (Å²) in [5, 5.41) is 0.426. The summed E-state index contributed by atoms with van der Waals surface area (Å²) in [5.74, 6) is 5.99. The number of rotatable bonds is 6. The SMILES string of the molecule is COC(=O)CCCC#Cc1cc(Cl)ccc1NS(=O)(=O)c1ccc2nc(C)oc2c1. The minimum Gasteiger partial charge on any atom is -0.469 e. The Bertz CT molecular complexity index is 1260. The van der Waals surface area contributed by atoms with Crippen molar-refractivity contribution in [2.45, 2.75) is 31.1 Å². The predicted octanol–water partition coefficient (Wildman–Crippen LogP) is 4.29. The van der Waals surface area contributed by atoms with Gasteiger partial charge in [0.2, 0.25) is 0 Å². The first-order valence-electron chi connectivity index (χ1n) is 9.04. The van der Waals surface area contributed by atoms with Gasteiger partial charge in [-0.2, -0.15) is 0 Å². The van der Waals surface area contributed by atoms with Crippen molar-refractivity contribution in [1.82, 2.24) is 4.98 Å². The Morgan fingerprint density at radius 2 is 2.07 bits per heavy atom. The second kappa shape index (κ2) is 9.20. The molecule has 1 heterocycles. The highest BCUT2D eigenvalue weighted by Crippen LogP contribution is 2.25. The van der Waals surface area contributed by atoms with Crippen molar-refractivity contribution in [2.24, 2.45) is 0 Å². The number of carbonyl (C=O) groups is 1. The largest absolute Gasteiger partial charge is 0.469 e. The van der Waals surface area contributed by atoms with Crippen LogP contribution in [0.4, 0.5) is 5.69 Å². The Kier molecular flexibility index (Phi) is 6.65. The maximum Gasteiger partial charge on any atom is 0.305 e. The standard InChI is InChI=1S/C21H19ClN2O5S/c1-14-23-19-11-9-17(13-20(19)29-14)30(26,27)24-18-10-8-16(22)12-15(18)6-4-3-5-7-21(25)28-2/h8-13,24H,3,5,7H2,1-2H3. The first-order valence-corrected chi connectivity index (χ1v) is 10.9. The number of nitrogens with zero attached hydrogens (tertiary/aromatic N) is 1. The van der Waals surface area contributed by atoms with Gasteiger partial charge in [-0.3, -0.25) is 9.52 Å². The smallest absolute Gasteiger partial charge is 0.305 e. The number of carbonyl (C=O) groups excluding carboxylic acids is 1. The molecule has 0 aliphatic rings. The molecule has 0 fully saturated rings. The van der Waals surface area contributed by atoms with E-state index >= 15 is 0 Å². The zero-order valence-corrected chi connectivity index (χ0v) is 17.9. The number of anilines is 1. The van der Waals surface area contributed by atoms with Crippen molar-refractivity contribution in [3.63, 3.8) is 0 Å². The number of aryl methyl sites for hydroxylation is 1. The molecule has 0 aliphatic heterocycles. The number of hydrogen-bond donors (Lipinski definition) is 1. The molecule has 3 rings (SSSR count). The molecule has 1 N–H and O–H groups in total. The van der Waals surface area contributed by atoms with Gasteiger partial charge in [0.25, 0.3) is 10.0 Å². The van der Waals surface area contributed by atoms with E-state index in [2.05, 4.69) is 26.3 Å². The fraction of sp³-hybridized carbons (Fsp3) is 0.238. The van der Waals surface area contributed by atoms with Crippen molar-refractivity contribution in [2.75, 3.05) is 11.8 Å². The van der Waals surface area contributed by atoms with Gasteiger partial charge >= 0.3 is 5.97 Å². The van der Waals surface area contributed by atoms with Crippen LogP contribution in [0, 0.1) is 18.8 Å². The summed E-state index contributed by atoms with van der Waals surface area (Å²) >= 11 is 6.05. The highest BCUT2D eigenvalue weighted by molar-refractivity contribution is 7.92. The van der Waals surface area contributed by atoms with E-state index < -0.39 is 10.0 Å². The molecule has 7 nitrogen and oxygen atoms in total. The first kappa shape index (κ1) is 21.7. The Labute approximate surface area is 179 Å². The van der Waals surface area contributed by atoms with E-state index in [0.29, 0.717) is 46.1 Å². The molecule has 0 saturated carbocycles. The summed E-state index contributed by atoms with van der Waals surface area (Å²) in [6.45, 7) is 1.69. The van der Waals surface area contributed by atoms with Gasteiger partial charge in [0.05, 0.1) is 23.3 Å². The summed E-state index contributed by atoms with van der Waals surface area (Å²) in [6.07, 6.45) is 1.26. The summed E-state index contributed by atoms with van der Waals surface area (Å²) < 4.78 is 38.3. The molecule has 0 aliphatic carbocycles. The number of sulfonamides is 1. The van der Waals surface area contributed by atoms with Crippen molar-refractivity contribution in [3.8, 4) is 11.8 Å². The van der Waals surface area contributed by atoms with Crippen molar-refractivity contribution >= 4 is 44.4 Å². The summed E-state index contributed by atoms with van der Waals surface area (Å²) in [7, 11) is -2.56. The van der Waals surface area contributed by atoms with Gasteiger partial charge in [-0.1, -0.05) is 23.4 Å². The lowest BCUT2D eigenvalue weighted by Crippen LogP contribution is -2.13. The van der Waals surface area contributed by atoms with Gasteiger partial charge in [-0.15, -0.1) is 0 Å². The number of benzene rings is 2. The highest BCUT2D eigenvalue weighted by Gasteiger charge is 2.18. The number of fused-ring (bicyclic) bond motifs is 1. The lowest BCUT2D eigenvalue weighted by molar-refractivity contribution is -0.140. The van der Waals surface area contributed by atoms with Gasteiger partial charge in [-0.05, 0) is 36.8 Å². The number of aromatic nitrogens is 1. The molecule has 0 saturated heterocycles. The molecule has 9 heteroatoms. The number of methoxy groups -OCH3 is 1. The van der Waals surface area contributed by atoms with Crippen LogP contribution in [-0.2, 0) is 19.6 Å². The van der Waals surface area contributed by atoms with Crippen LogP contribution < -0.4 is 4.72 Å². The van der Waals surface area contributed by atoms with E-state index in [1.165, 1.54) is 19.2 Å². The topological polar surface area (TPSA) is 98.5 Å². The molecular formula is C21H19ClN2O5S. The van der Waals surface area contributed by atoms with E-state index in [1.807, 2.05) is 0 Å². The van der Waals surface area contributed by atoms with E-state index in [1.54, 1.807) is 31.2 Å². The van der Waals surface area contributed by atoms with Crippen LogP contribution in [0.15, 0.2) is 45.7 Å². The van der Waals surface area contributed by atoms with Crippen molar-refractivity contribution in [3.05, 3.63) is 52.9 Å². The average Bonchev–Trinajstić information content (AvgIpc) is 3.08. The molecule has 0 spiro atoms. The summed E-state index contributed by atoms with van der Waals surface area (Å²) in [6, 6.07) is 9.17. The molecule has 0 bridgehead atoms.